The Bertz CT molecular complexity index is 610. The summed E-state index contributed by atoms with van der Waals surface area (Å²) < 4.78 is 27.8. The van der Waals surface area contributed by atoms with Gasteiger partial charge in [0.2, 0.25) is 0 Å². The summed E-state index contributed by atoms with van der Waals surface area (Å²) >= 11 is 0. The molecule has 1 aromatic carbocycles. The van der Waals surface area contributed by atoms with Gasteiger partial charge in [-0.1, -0.05) is 6.07 Å². The second kappa shape index (κ2) is 9.30. The Morgan fingerprint density at radius 2 is 1.77 bits per heavy atom. The average molecular weight is 478 g/mol. The van der Waals surface area contributed by atoms with E-state index in [1.165, 1.54) is 18.2 Å². The largest absolute Gasteiger partial charge is 0.354 e. The van der Waals surface area contributed by atoms with E-state index in [2.05, 4.69) is 34.4 Å². The van der Waals surface area contributed by atoms with E-state index in [4.69, 9.17) is 0 Å². The molecule has 3 rings (SSSR count). The van der Waals surface area contributed by atoms with Crippen LogP contribution in [0, 0.1) is 11.6 Å². The van der Waals surface area contributed by atoms with Crippen molar-refractivity contribution in [2.24, 2.45) is 4.99 Å². The van der Waals surface area contributed by atoms with Crippen LogP contribution in [0.25, 0.3) is 0 Å². The molecule has 2 unspecified atom stereocenters. The molecule has 2 atom stereocenters. The number of guanidine groups is 1. The molecule has 1 aliphatic carbocycles. The van der Waals surface area contributed by atoms with Gasteiger partial charge in [0.05, 0.1) is 0 Å². The van der Waals surface area contributed by atoms with Gasteiger partial charge in [-0.05, 0) is 45.2 Å². The molecular weight excluding hydrogens is 449 g/mol. The van der Waals surface area contributed by atoms with Crippen LogP contribution >= 0.6 is 24.0 Å². The quantitative estimate of drug-likeness (QED) is 0.396. The van der Waals surface area contributed by atoms with Gasteiger partial charge >= 0.3 is 0 Å². The Hall–Kier alpha value is -0.960. The van der Waals surface area contributed by atoms with E-state index in [1.807, 2.05) is 0 Å². The molecule has 2 fully saturated rings. The minimum Gasteiger partial charge on any atom is -0.354 e. The summed E-state index contributed by atoms with van der Waals surface area (Å²) in [7, 11) is 1.74. The lowest BCUT2D eigenvalue weighted by molar-refractivity contribution is 0.167. The van der Waals surface area contributed by atoms with E-state index < -0.39 is 11.6 Å². The van der Waals surface area contributed by atoms with Gasteiger partial charge in [0, 0.05) is 49.7 Å². The van der Waals surface area contributed by atoms with Crippen LogP contribution in [0.1, 0.15) is 44.6 Å². The van der Waals surface area contributed by atoms with Gasteiger partial charge < -0.3 is 15.5 Å². The third kappa shape index (κ3) is 5.06. The van der Waals surface area contributed by atoms with Crippen LogP contribution in [0.15, 0.2) is 23.2 Å². The van der Waals surface area contributed by atoms with Crippen molar-refractivity contribution in [2.75, 3.05) is 20.1 Å². The van der Waals surface area contributed by atoms with E-state index in [0.29, 0.717) is 12.1 Å². The summed E-state index contributed by atoms with van der Waals surface area (Å²) in [4.78, 5) is 6.76. The van der Waals surface area contributed by atoms with Crippen LogP contribution in [-0.4, -0.2) is 49.1 Å². The Morgan fingerprint density at radius 3 is 2.31 bits per heavy atom. The number of piperidine rings is 1. The molecule has 1 aromatic rings. The molecule has 0 spiro atoms. The molecule has 2 aliphatic rings. The Kier molecular flexibility index (Phi) is 7.63. The van der Waals surface area contributed by atoms with Gasteiger partial charge in [-0.2, -0.15) is 0 Å². The fraction of sp³-hybridized carbons (Fsp3) is 0.632. The van der Waals surface area contributed by atoms with Gasteiger partial charge in [-0.3, -0.25) is 4.99 Å². The first-order valence-electron chi connectivity index (χ1n) is 9.17. The normalized spacial score (nSPS) is 24.3. The monoisotopic (exact) mass is 478 g/mol. The zero-order chi connectivity index (χ0) is 18.0. The number of rotatable bonds is 4. The first kappa shape index (κ1) is 21.3. The number of aliphatic imine (C=N–C) groups is 1. The SMILES string of the molecule is CN=C(NC1CCN(C(C)C)CC1)NC1CC1c1c(F)cccc1F.I. The molecule has 2 N–H and O–H groups in total. The molecule has 1 saturated heterocycles. The standard InChI is InChI=1S/C19H28F2N4.HI/c1-12(2)25-9-7-13(8-10-25)23-19(22-3)24-17-11-14(17)18-15(20)5-4-6-16(18)21;/h4-6,12-14,17H,7-11H2,1-3H3,(H2,22,23,24);1H. The van der Waals surface area contributed by atoms with Crippen LogP contribution in [0.3, 0.4) is 0 Å². The lowest BCUT2D eigenvalue weighted by Gasteiger charge is -2.35. The number of likely N-dealkylation sites (tertiary alicyclic amines) is 1. The first-order valence-corrected chi connectivity index (χ1v) is 9.17. The number of hydrogen-bond acceptors (Lipinski definition) is 2. The molecule has 146 valence electrons. The number of halogens is 3. The van der Waals surface area contributed by atoms with Crippen molar-refractivity contribution in [3.63, 3.8) is 0 Å². The first-order chi connectivity index (χ1) is 12.0. The highest BCUT2D eigenvalue weighted by Gasteiger charge is 2.42. The van der Waals surface area contributed by atoms with E-state index >= 15 is 0 Å². The van der Waals surface area contributed by atoms with Crippen LogP contribution < -0.4 is 10.6 Å². The van der Waals surface area contributed by atoms with E-state index in [9.17, 15) is 8.78 Å². The molecule has 0 aromatic heterocycles. The van der Waals surface area contributed by atoms with Gasteiger partial charge in [0.25, 0.3) is 0 Å². The Labute approximate surface area is 171 Å². The van der Waals surface area contributed by atoms with Crippen molar-refractivity contribution < 1.29 is 8.78 Å². The van der Waals surface area contributed by atoms with Gasteiger partial charge in [0.15, 0.2) is 5.96 Å². The fourth-order valence-electron chi connectivity index (χ4n) is 3.64. The number of nitrogens with zero attached hydrogens (tertiary/aromatic N) is 2. The van der Waals surface area contributed by atoms with Crippen molar-refractivity contribution in [3.05, 3.63) is 35.4 Å². The number of nitrogens with one attached hydrogen (secondary N) is 2. The second-order valence-corrected chi connectivity index (χ2v) is 7.35. The molecule has 1 aliphatic heterocycles. The van der Waals surface area contributed by atoms with Crippen molar-refractivity contribution in [3.8, 4) is 0 Å². The maximum Gasteiger partial charge on any atom is 0.191 e. The molecule has 0 amide bonds. The van der Waals surface area contributed by atoms with Crippen LogP contribution in [0.4, 0.5) is 8.78 Å². The third-order valence-electron chi connectivity index (χ3n) is 5.31. The van der Waals surface area contributed by atoms with E-state index in [0.717, 1.165) is 38.3 Å². The van der Waals surface area contributed by atoms with E-state index in [1.54, 1.807) is 7.05 Å². The van der Waals surface area contributed by atoms with Crippen molar-refractivity contribution in [2.45, 2.75) is 57.2 Å². The van der Waals surface area contributed by atoms with E-state index in [-0.39, 0.29) is 41.5 Å². The van der Waals surface area contributed by atoms with Gasteiger partial charge in [-0.15, -0.1) is 24.0 Å². The molecule has 7 heteroatoms. The minimum atomic E-state index is -0.460. The second-order valence-electron chi connectivity index (χ2n) is 7.35. The summed E-state index contributed by atoms with van der Waals surface area (Å²) in [6.07, 6.45) is 2.88. The molecule has 26 heavy (non-hydrogen) atoms. The zero-order valence-corrected chi connectivity index (χ0v) is 18.0. The Morgan fingerprint density at radius 1 is 1.15 bits per heavy atom. The lowest BCUT2D eigenvalue weighted by atomic mass is 10.0. The highest BCUT2D eigenvalue weighted by atomic mass is 127. The highest BCUT2D eigenvalue weighted by Crippen LogP contribution is 2.43. The predicted octanol–water partition coefficient (Wildman–Crippen LogP) is 3.48. The summed E-state index contributed by atoms with van der Waals surface area (Å²) in [5.74, 6) is -0.314. The molecular formula is C19H29F2IN4. The topological polar surface area (TPSA) is 39.7 Å². The Balaban J connectivity index is 0.00000243. The average Bonchev–Trinajstić information content (AvgIpc) is 3.33. The smallest absolute Gasteiger partial charge is 0.191 e. The third-order valence-corrected chi connectivity index (χ3v) is 5.31. The molecule has 0 radical (unpaired) electrons. The molecule has 4 nitrogen and oxygen atoms in total. The van der Waals surface area contributed by atoms with Gasteiger partial charge in [-0.25, -0.2) is 8.78 Å². The van der Waals surface area contributed by atoms with Crippen molar-refractivity contribution in [1.29, 1.82) is 0 Å². The summed E-state index contributed by atoms with van der Waals surface area (Å²) in [6, 6.07) is 5.06. The maximum absolute atomic E-state index is 13.9. The predicted molar refractivity (Wildman–Crippen MR) is 112 cm³/mol. The molecule has 1 heterocycles. The van der Waals surface area contributed by atoms with Crippen LogP contribution in [0.5, 0.6) is 0 Å². The maximum atomic E-state index is 13.9. The lowest BCUT2D eigenvalue weighted by Crippen LogP contribution is -2.50. The number of benzene rings is 1. The van der Waals surface area contributed by atoms with Crippen molar-refractivity contribution >= 4 is 29.9 Å². The summed E-state index contributed by atoms with van der Waals surface area (Å²) in [5, 5.41) is 6.78. The van der Waals surface area contributed by atoms with Crippen LogP contribution in [-0.2, 0) is 0 Å². The van der Waals surface area contributed by atoms with Crippen LogP contribution in [0.2, 0.25) is 0 Å². The van der Waals surface area contributed by atoms with Gasteiger partial charge in [0.1, 0.15) is 11.6 Å². The van der Waals surface area contributed by atoms with Crippen molar-refractivity contribution in [1.82, 2.24) is 15.5 Å². The highest BCUT2D eigenvalue weighted by molar-refractivity contribution is 14.0. The molecule has 0 bridgehead atoms. The summed E-state index contributed by atoms with van der Waals surface area (Å²) in [6.45, 7) is 6.62. The molecule has 1 saturated carbocycles. The number of hydrogen-bond donors (Lipinski definition) is 2. The minimum absolute atomic E-state index is 0. The fourth-order valence-corrected chi connectivity index (χ4v) is 3.64. The zero-order valence-electron chi connectivity index (χ0n) is 15.6. The summed E-state index contributed by atoms with van der Waals surface area (Å²) in [5.41, 5.74) is 0.195.